The Labute approximate surface area is 139 Å². The molecule has 2 aromatic rings. The number of rotatable bonds is 3. The van der Waals surface area contributed by atoms with Crippen molar-refractivity contribution in [3.63, 3.8) is 0 Å². The van der Waals surface area contributed by atoms with Gasteiger partial charge in [-0.25, -0.2) is 0 Å². The lowest BCUT2D eigenvalue weighted by atomic mass is 10.2. The molecule has 0 bridgehead atoms. The van der Waals surface area contributed by atoms with E-state index in [-0.39, 0.29) is 5.91 Å². The summed E-state index contributed by atoms with van der Waals surface area (Å²) in [6.07, 6.45) is 0. The number of methoxy groups -OCH3 is 1. The monoisotopic (exact) mass is 415 g/mol. The maximum atomic E-state index is 12.3. The number of anilines is 1. The van der Waals surface area contributed by atoms with E-state index in [0.717, 1.165) is 9.37 Å². The van der Waals surface area contributed by atoms with E-state index in [1.807, 2.05) is 12.1 Å². The van der Waals surface area contributed by atoms with Crippen LogP contribution in [0, 0.1) is 0 Å². The standard InChI is InChI=1S/C14H11Br2NO2S/c1-19-13-5-2-8(15)6-12(13)17-14(18)10-7-9(20)3-4-11(10)16/h2-7,20H,1H3,(H,17,18). The van der Waals surface area contributed by atoms with Crippen molar-refractivity contribution in [2.24, 2.45) is 0 Å². The fraction of sp³-hybridized carbons (Fsp3) is 0.0714. The summed E-state index contributed by atoms with van der Waals surface area (Å²) >= 11 is 11.0. The molecule has 0 aliphatic heterocycles. The molecule has 0 saturated carbocycles. The lowest BCUT2D eigenvalue weighted by Gasteiger charge is -2.11. The third kappa shape index (κ3) is 3.56. The van der Waals surface area contributed by atoms with Crippen LogP contribution in [0.2, 0.25) is 0 Å². The highest BCUT2D eigenvalue weighted by Crippen LogP contribution is 2.29. The third-order valence-electron chi connectivity index (χ3n) is 2.60. The van der Waals surface area contributed by atoms with E-state index in [1.54, 1.807) is 31.4 Å². The van der Waals surface area contributed by atoms with Gasteiger partial charge < -0.3 is 10.1 Å². The molecule has 2 aromatic carbocycles. The van der Waals surface area contributed by atoms with Crippen LogP contribution in [-0.4, -0.2) is 13.0 Å². The maximum Gasteiger partial charge on any atom is 0.256 e. The zero-order valence-corrected chi connectivity index (χ0v) is 14.6. The fourth-order valence-electron chi connectivity index (χ4n) is 1.65. The normalized spacial score (nSPS) is 10.2. The Morgan fingerprint density at radius 3 is 2.65 bits per heavy atom. The molecule has 3 nitrogen and oxygen atoms in total. The van der Waals surface area contributed by atoms with Crippen molar-refractivity contribution in [3.8, 4) is 5.75 Å². The average molecular weight is 417 g/mol. The number of hydrogen-bond donors (Lipinski definition) is 2. The predicted octanol–water partition coefficient (Wildman–Crippen LogP) is 4.76. The fourth-order valence-corrected chi connectivity index (χ4v) is 2.65. The molecule has 20 heavy (non-hydrogen) atoms. The van der Waals surface area contributed by atoms with E-state index < -0.39 is 0 Å². The van der Waals surface area contributed by atoms with Gasteiger partial charge in [-0.15, -0.1) is 12.6 Å². The number of nitrogens with one attached hydrogen (secondary N) is 1. The van der Waals surface area contributed by atoms with Crippen LogP contribution in [0.3, 0.4) is 0 Å². The number of hydrogen-bond acceptors (Lipinski definition) is 3. The SMILES string of the molecule is COc1ccc(Br)cc1NC(=O)c1cc(S)ccc1Br. The largest absolute Gasteiger partial charge is 0.495 e. The van der Waals surface area contributed by atoms with Crippen LogP contribution < -0.4 is 10.1 Å². The van der Waals surface area contributed by atoms with Crippen molar-refractivity contribution in [1.82, 2.24) is 0 Å². The number of carbonyl (C=O) groups excluding carboxylic acids is 1. The minimum atomic E-state index is -0.232. The second kappa shape index (κ2) is 6.65. The van der Waals surface area contributed by atoms with Gasteiger partial charge in [0.25, 0.3) is 5.91 Å². The first-order valence-corrected chi connectivity index (χ1v) is 7.68. The molecule has 1 amide bonds. The zero-order chi connectivity index (χ0) is 14.7. The van der Waals surface area contributed by atoms with Gasteiger partial charge >= 0.3 is 0 Å². The van der Waals surface area contributed by atoms with Gasteiger partial charge in [-0.1, -0.05) is 15.9 Å². The smallest absolute Gasteiger partial charge is 0.256 e. The van der Waals surface area contributed by atoms with Gasteiger partial charge in [-0.3, -0.25) is 4.79 Å². The van der Waals surface area contributed by atoms with E-state index in [2.05, 4.69) is 49.8 Å². The summed E-state index contributed by atoms with van der Waals surface area (Å²) in [6, 6.07) is 10.7. The van der Waals surface area contributed by atoms with E-state index in [9.17, 15) is 4.79 Å². The second-order valence-electron chi connectivity index (χ2n) is 3.96. The summed E-state index contributed by atoms with van der Waals surface area (Å²) in [4.78, 5) is 13.0. The molecule has 0 fully saturated rings. The zero-order valence-electron chi connectivity index (χ0n) is 10.5. The van der Waals surface area contributed by atoms with Crippen LogP contribution in [0.5, 0.6) is 5.75 Å². The average Bonchev–Trinajstić information content (AvgIpc) is 2.41. The molecule has 0 aliphatic carbocycles. The predicted molar refractivity (Wildman–Crippen MR) is 90.0 cm³/mol. The number of halogens is 2. The van der Waals surface area contributed by atoms with E-state index in [0.29, 0.717) is 21.5 Å². The Morgan fingerprint density at radius 1 is 1.20 bits per heavy atom. The quantitative estimate of drug-likeness (QED) is 0.707. The first kappa shape index (κ1) is 15.4. The van der Waals surface area contributed by atoms with Crippen LogP contribution in [0.15, 0.2) is 50.2 Å². The minimum Gasteiger partial charge on any atom is -0.495 e. The van der Waals surface area contributed by atoms with Crippen LogP contribution >= 0.6 is 44.5 Å². The highest BCUT2D eigenvalue weighted by Gasteiger charge is 2.13. The molecule has 0 atom stereocenters. The van der Waals surface area contributed by atoms with Crippen LogP contribution in [0.1, 0.15) is 10.4 Å². The molecule has 0 aromatic heterocycles. The van der Waals surface area contributed by atoms with Gasteiger partial charge in [0.15, 0.2) is 0 Å². The molecule has 1 N–H and O–H groups in total. The topological polar surface area (TPSA) is 38.3 Å². The number of thiol groups is 1. The van der Waals surface area contributed by atoms with E-state index >= 15 is 0 Å². The summed E-state index contributed by atoms with van der Waals surface area (Å²) in [5.74, 6) is 0.365. The van der Waals surface area contributed by atoms with Crippen LogP contribution in [0.4, 0.5) is 5.69 Å². The Balaban J connectivity index is 2.32. The van der Waals surface area contributed by atoms with Crippen molar-refractivity contribution in [3.05, 3.63) is 50.9 Å². The Morgan fingerprint density at radius 2 is 1.95 bits per heavy atom. The molecule has 0 spiro atoms. The number of carbonyl (C=O) groups is 1. The highest BCUT2D eigenvalue weighted by molar-refractivity contribution is 9.10. The van der Waals surface area contributed by atoms with E-state index in [1.165, 1.54) is 0 Å². The van der Waals surface area contributed by atoms with Gasteiger partial charge in [0.2, 0.25) is 0 Å². The van der Waals surface area contributed by atoms with Crippen molar-refractivity contribution in [2.45, 2.75) is 4.90 Å². The van der Waals surface area contributed by atoms with Gasteiger partial charge in [0, 0.05) is 13.8 Å². The first-order chi connectivity index (χ1) is 9.51. The summed E-state index contributed by atoms with van der Waals surface area (Å²) in [5.41, 5.74) is 1.11. The molecule has 0 heterocycles. The van der Waals surface area contributed by atoms with Crippen LogP contribution in [-0.2, 0) is 0 Å². The molecule has 0 saturated heterocycles. The van der Waals surface area contributed by atoms with Crippen LogP contribution in [0.25, 0.3) is 0 Å². The van der Waals surface area contributed by atoms with Crippen molar-refractivity contribution >= 4 is 56.1 Å². The summed E-state index contributed by atoms with van der Waals surface area (Å²) in [7, 11) is 1.56. The van der Waals surface area contributed by atoms with Gasteiger partial charge in [0.05, 0.1) is 18.4 Å². The summed E-state index contributed by atoms with van der Waals surface area (Å²) in [6.45, 7) is 0. The Kier molecular flexibility index (Phi) is 5.12. The van der Waals surface area contributed by atoms with Gasteiger partial charge in [0.1, 0.15) is 5.75 Å². The molecular weight excluding hydrogens is 406 g/mol. The van der Waals surface area contributed by atoms with Crippen molar-refractivity contribution in [1.29, 1.82) is 0 Å². The molecule has 104 valence electrons. The Bertz CT molecular complexity index is 662. The molecular formula is C14H11Br2NO2S. The minimum absolute atomic E-state index is 0.232. The van der Waals surface area contributed by atoms with Crippen molar-refractivity contribution in [2.75, 3.05) is 12.4 Å². The molecule has 6 heteroatoms. The van der Waals surface area contributed by atoms with Crippen molar-refractivity contribution < 1.29 is 9.53 Å². The molecule has 0 radical (unpaired) electrons. The van der Waals surface area contributed by atoms with E-state index in [4.69, 9.17) is 4.74 Å². The first-order valence-electron chi connectivity index (χ1n) is 5.64. The van der Waals surface area contributed by atoms with Gasteiger partial charge in [-0.05, 0) is 52.3 Å². The number of ether oxygens (including phenoxy) is 1. The lowest BCUT2D eigenvalue weighted by Crippen LogP contribution is -2.13. The summed E-state index contributed by atoms with van der Waals surface area (Å²) in [5, 5.41) is 2.83. The maximum absolute atomic E-state index is 12.3. The highest BCUT2D eigenvalue weighted by atomic mass is 79.9. The molecule has 0 aliphatic rings. The lowest BCUT2D eigenvalue weighted by molar-refractivity contribution is 0.102. The van der Waals surface area contributed by atoms with Gasteiger partial charge in [-0.2, -0.15) is 0 Å². The number of benzene rings is 2. The molecule has 2 rings (SSSR count). The second-order valence-corrected chi connectivity index (χ2v) is 6.25. The third-order valence-corrected chi connectivity index (χ3v) is 4.07. The Hall–Kier alpha value is -0.980. The molecule has 0 unspecified atom stereocenters. The summed E-state index contributed by atoms with van der Waals surface area (Å²) < 4.78 is 6.80. The number of amides is 1.